The van der Waals surface area contributed by atoms with E-state index in [0.29, 0.717) is 29.2 Å². The average Bonchev–Trinajstić information content (AvgIpc) is 3.16. The molecule has 1 atom stereocenters. The van der Waals surface area contributed by atoms with Gasteiger partial charge in [-0.05, 0) is 61.0 Å². The molecule has 0 fully saturated rings. The van der Waals surface area contributed by atoms with Crippen LogP contribution < -0.4 is 4.74 Å². The highest BCUT2D eigenvalue weighted by atomic mass is 19.1. The summed E-state index contributed by atoms with van der Waals surface area (Å²) in [6.45, 7) is 2.24. The Morgan fingerprint density at radius 1 is 0.933 bits per heavy atom. The zero-order valence-corrected chi connectivity index (χ0v) is 16.2. The maximum Gasteiger partial charge on any atom is 0.141 e. The number of nitrogens with one attached hydrogen (secondary N) is 1. The van der Waals surface area contributed by atoms with Gasteiger partial charge < -0.3 is 14.5 Å². The molecule has 1 aromatic heterocycles. The molecule has 0 aliphatic carbocycles. The Kier molecular flexibility index (Phi) is 5.72. The molecular formula is C23H19F3N2O2. The van der Waals surface area contributed by atoms with Crippen LogP contribution in [0.5, 0.6) is 5.75 Å². The van der Waals surface area contributed by atoms with Gasteiger partial charge >= 0.3 is 0 Å². The van der Waals surface area contributed by atoms with Crippen LogP contribution in [0, 0.1) is 17.5 Å². The summed E-state index contributed by atoms with van der Waals surface area (Å²) in [4.78, 5) is 7.62. The number of aromatic amines is 1. The van der Waals surface area contributed by atoms with Crippen LogP contribution in [0.1, 0.15) is 30.0 Å². The van der Waals surface area contributed by atoms with Crippen LogP contribution in [0.2, 0.25) is 0 Å². The molecule has 0 bridgehead atoms. The minimum Gasteiger partial charge on any atom is -0.489 e. The normalized spacial score (nSPS) is 12.3. The molecule has 0 saturated carbocycles. The molecule has 1 heterocycles. The number of aromatic nitrogens is 2. The quantitative estimate of drug-likeness (QED) is 0.425. The minimum absolute atomic E-state index is 0.0903. The maximum absolute atomic E-state index is 13.7. The molecule has 154 valence electrons. The smallest absolute Gasteiger partial charge is 0.141 e. The molecule has 4 rings (SSSR count). The number of hydrogen-bond acceptors (Lipinski definition) is 3. The molecule has 7 heteroatoms. The van der Waals surface area contributed by atoms with E-state index in [9.17, 15) is 13.2 Å². The fourth-order valence-corrected chi connectivity index (χ4v) is 3.18. The lowest BCUT2D eigenvalue weighted by atomic mass is 10.1. The Morgan fingerprint density at radius 2 is 1.67 bits per heavy atom. The van der Waals surface area contributed by atoms with Crippen LogP contribution in [-0.4, -0.2) is 16.6 Å². The van der Waals surface area contributed by atoms with Crippen molar-refractivity contribution >= 4 is 11.0 Å². The van der Waals surface area contributed by atoms with Crippen molar-refractivity contribution < 1.29 is 22.6 Å². The van der Waals surface area contributed by atoms with Gasteiger partial charge in [0.1, 0.15) is 41.7 Å². The van der Waals surface area contributed by atoms with Crippen LogP contribution in [-0.2, 0) is 11.3 Å². The summed E-state index contributed by atoms with van der Waals surface area (Å²) < 4.78 is 51.9. The number of nitrogens with zero attached hydrogens (tertiary/aromatic N) is 1. The monoisotopic (exact) mass is 412 g/mol. The molecule has 0 radical (unpaired) electrons. The Morgan fingerprint density at radius 3 is 2.43 bits per heavy atom. The zero-order chi connectivity index (χ0) is 21.1. The predicted molar refractivity (Wildman–Crippen MR) is 107 cm³/mol. The summed E-state index contributed by atoms with van der Waals surface area (Å²) in [6.07, 6.45) is -0.472. The van der Waals surface area contributed by atoms with Crippen molar-refractivity contribution in [3.05, 3.63) is 95.1 Å². The topological polar surface area (TPSA) is 47.1 Å². The Balaban J connectivity index is 1.53. The van der Waals surface area contributed by atoms with Crippen LogP contribution in [0.15, 0.2) is 60.7 Å². The van der Waals surface area contributed by atoms with Crippen molar-refractivity contribution in [1.29, 1.82) is 0 Å². The fourth-order valence-electron chi connectivity index (χ4n) is 3.18. The molecule has 3 aromatic carbocycles. The number of H-pyrrole nitrogens is 1. The van der Waals surface area contributed by atoms with E-state index >= 15 is 0 Å². The largest absolute Gasteiger partial charge is 0.489 e. The summed E-state index contributed by atoms with van der Waals surface area (Å²) in [5.74, 6) is -0.319. The van der Waals surface area contributed by atoms with Crippen molar-refractivity contribution in [2.24, 2.45) is 0 Å². The number of rotatable bonds is 7. The van der Waals surface area contributed by atoms with E-state index < -0.39 is 17.7 Å². The van der Waals surface area contributed by atoms with E-state index in [2.05, 4.69) is 9.97 Å². The summed E-state index contributed by atoms with van der Waals surface area (Å²) in [5.41, 5.74) is 2.20. The minimum atomic E-state index is -0.522. The van der Waals surface area contributed by atoms with E-state index in [1.54, 1.807) is 18.2 Å². The lowest BCUT2D eigenvalue weighted by Gasteiger charge is -2.16. The van der Waals surface area contributed by atoms with Crippen LogP contribution >= 0.6 is 0 Å². The van der Waals surface area contributed by atoms with Gasteiger partial charge in [-0.1, -0.05) is 12.1 Å². The number of benzene rings is 3. The van der Waals surface area contributed by atoms with Gasteiger partial charge in [0.2, 0.25) is 0 Å². The Hall–Kier alpha value is -3.32. The molecular weight excluding hydrogens is 393 g/mol. The molecule has 4 nitrogen and oxygen atoms in total. The first kappa shape index (κ1) is 20.0. The Labute approximate surface area is 171 Å². The third-order valence-electron chi connectivity index (χ3n) is 4.63. The third kappa shape index (κ3) is 4.31. The molecule has 1 unspecified atom stereocenters. The summed E-state index contributed by atoms with van der Waals surface area (Å²) in [5, 5.41) is 0. The highest BCUT2D eigenvalue weighted by Crippen LogP contribution is 2.28. The summed E-state index contributed by atoms with van der Waals surface area (Å²) in [6, 6.07) is 14.7. The molecule has 0 spiro atoms. The zero-order valence-electron chi connectivity index (χ0n) is 16.2. The van der Waals surface area contributed by atoms with Crippen LogP contribution in [0.3, 0.4) is 0 Å². The second-order valence-corrected chi connectivity index (χ2v) is 6.71. The highest BCUT2D eigenvalue weighted by Gasteiger charge is 2.19. The van der Waals surface area contributed by atoms with Gasteiger partial charge in [-0.2, -0.15) is 0 Å². The standard InChI is InChI=1S/C23H19F3N2O2/c1-2-29-22(23-27-20-10-6-17(25)12-21(20)28-23)14-3-7-18(8-4-14)30-13-15-11-16(24)5-9-19(15)26/h3-12,22H,2,13H2,1H3,(H,27,28). The van der Waals surface area contributed by atoms with Gasteiger partial charge in [-0.15, -0.1) is 0 Å². The molecule has 0 aliphatic rings. The molecule has 30 heavy (non-hydrogen) atoms. The fraction of sp³-hybridized carbons (Fsp3) is 0.174. The second kappa shape index (κ2) is 8.59. The predicted octanol–water partition coefficient (Wildman–Crippen LogP) is 5.69. The van der Waals surface area contributed by atoms with Gasteiger partial charge in [0.25, 0.3) is 0 Å². The van der Waals surface area contributed by atoms with E-state index in [-0.39, 0.29) is 18.0 Å². The highest BCUT2D eigenvalue weighted by molar-refractivity contribution is 5.75. The van der Waals surface area contributed by atoms with E-state index in [4.69, 9.17) is 9.47 Å². The molecule has 0 aliphatic heterocycles. The van der Waals surface area contributed by atoms with Gasteiger partial charge in [-0.3, -0.25) is 0 Å². The van der Waals surface area contributed by atoms with Crippen molar-refractivity contribution in [2.75, 3.05) is 6.61 Å². The first-order valence-electron chi connectivity index (χ1n) is 9.47. The SMILES string of the molecule is CCOC(c1ccc(OCc2cc(F)ccc2F)cc1)c1nc2ccc(F)cc2[nH]1. The van der Waals surface area contributed by atoms with Crippen molar-refractivity contribution in [3.8, 4) is 5.75 Å². The van der Waals surface area contributed by atoms with Gasteiger partial charge in [0, 0.05) is 12.2 Å². The first-order chi connectivity index (χ1) is 14.5. The van der Waals surface area contributed by atoms with Crippen LogP contribution in [0.25, 0.3) is 11.0 Å². The van der Waals surface area contributed by atoms with Gasteiger partial charge in [0.15, 0.2) is 0 Å². The number of hydrogen-bond donors (Lipinski definition) is 1. The molecule has 4 aromatic rings. The number of imidazole rings is 1. The number of halogens is 3. The van der Waals surface area contributed by atoms with Crippen molar-refractivity contribution in [1.82, 2.24) is 9.97 Å². The van der Waals surface area contributed by atoms with Crippen LogP contribution in [0.4, 0.5) is 13.2 Å². The lowest BCUT2D eigenvalue weighted by molar-refractivity contribution is 0.0859. The first-order valence-corrected chi connectivity index (χ1v) is 9.47. The van der Waals surface area contributed by atoms with E-state index in [1.807, 2.05) is 19.1 Å². The van der Waals surface area contributed by atoms with Crippen molar-refractivity contribution in [2.45, 2.75) is 19.6 Å². The van der Waals surface area contributed by atoms with E-state index in [1.165, 1.54) is 12.1 Å². The second-order valence-electron chi connectivity index (χ2n) is 6.71. The average molecular weight is 412 g/mol. The van der Waals surface area contributed by atoms with Gasteiger partial charge in [-0.25, -0.2) is 18.2 Å². The Bertz CT molecular complexity index is 1160. The third-order valence-corrected chi connectivity index (χ3v) is 4.63. The summed E-state index contributed by atoms with van der Waals surface area (Å²) in [7, 11) is 0. The van der Waals surface area contributed by atoms with Gasteiger partial charge in [0.05, 0.1) is 11.0 Å². The number of ether oxygens (including phenoxy) is 2. The molecule has 0 amide bonds. The lowest BCUT2D eigenvalue weighted by Crippen LogP contribution is -2.08. The number of fused-ring (bicyclic) bond motifs is 1. The molecule has 1 N–H and O–H groups in total. The maximum atomic E-state index is 13.7. The van der Waals surface area contributed by atoms with E-state index in [0.717, 1.165) is 23.8 Å². The summed E-state index contributed by atoms with van der Waals surface area (Å²) >= 11 is 0. The molecule has 0 saturated heterocycles. The van der Waals surface area contributed by atoms with Crippen molar-refractivity contribution in [3.63, 3.8) is 0 Å².